The van der Waals surface area contributed by atoms with Gasteiger partial charge in [-0.05, 0) is 45.2 Å². The second-order valence-corrected chi connectivity index (χ2v) is 5.81. The number of carbonyl (C=O) groups is 1. The third-order valence-electron chi connectivity index (χ3n) is 3.66. The van der Waals surface area contributed by atoms with Crippen LogP contribution in [0.5, 0.6) is 0 Å². The van der Waals surface area contributed by atoms with Gasteiger partial charge in [-0.1, -0.05) is 0 Å². The normalized spacial score (nSPS) is 21.6. The molecular weight excluding hydrogens is 258 g/mol. The minimum atomic E-state index is -0.218. The molecule has 1 saturated heterocycles. The van der Waals surface area contributed by atoms with E-state index >= 15 is 0 Å². The summed E-state index contributed by atoms with van der Waals surface area (Å²) >= 11 is 0. The summed E-state index contributed by atoms with van der Waals surface area (Å²) in [4.78, 5) is 14.4. The van der Waals surface area contributed by atoms with Gasteiger partial charge in [0.25, 0.3) is 5.91 Å². The summed E-state index contributed by atoms with van der Waals surface area (Å²) in [7, 11) is 0. The second kappa shape index (κ2) is 6.41. The van der Waals surface area contributed by atoms with Gasteiger partial charge in [-0.25, -0.2) is 0 Å². The van der Waals surface area contributed by atoms with Gasteiger partial charge in [0.1, 0.15) is 0 Å². The van der Waals surface area contributed by atoms with Crippen LogP contribution in [0.2, 0.25) is 0 Å². The summed E-state index contributed by atoms with van der Waals surface area (Å²) in [6.07, 6.45) is 3.70. The Hall–Kier alpha value is -1.33. The van der Waals surface area contributed by atoms with Crippen molar-refractivity contribution in [3.8, 4) is 0 Å². The van der Waals surface area contributed by atoms with E-state index in [1.165, 1.54) is 6.26 Å². The summed E-state index contributed by atoms with van der Waals surface area (Å²) in [6.45, 7) is 5.35. The van der Waals surface area contributed by atoms with E-state index in [9.17, 15) is 4.79 Å². The molecule has 1 atom stereocenters. The number of aliphatic hydroxyl groups excluding tert-OH is 1. The van der Waals surface area contributed by atoms with Gasteiger partial charge in [0.2, 0.25) is 0 Å². The SMILES string of the molecule is CC1(C)C[C@@H](N(CCCO)C(=O)c2ccco2)CCO1. The maximum absolute atomic E-state index is 12.5. The van der Waals surface area contributed by atoms with Gasteiger partial charge in [-0.3, -0.25) is 4.79 Å². The van der Waals surface area contributed by atoms with Crippen LogP contribution in [0.15, 0.2) is 22.8 Å². The average molecular weight is 281 g/mol. The molecule has 1 aromatic rings. The maximum Gasteiger partial charge on any atom is 0.289 e. The lowest BCUT2D eigenvalue weighted by molar-refractivity contribution is -0.0787. The molecule has 1 aliphatic heterocycles. The molecule has 20 heavy (non-hydrogen) atoms. The molecule has 112 valence electrons. The Morgan fingerprint density at radius 1 is 1.55 bits per heavy atom. The lowest BCUT2D eigenvalue weighted by atomic mass is 9.92. The molecule has 1 aromatic heterocycles. The predicted octanol–water partition coefficient (Wildman–Crippen LogP) is 2.06. The highest BCUT2D eigenvalue weighted by molar-refractivity contribution is 5.91. The van der Waals surface area contributed by atoms with Gasteiger partial charge >= 0.3 is 0 Å². The molecule has 2 rings (SSSR count). The number of hydrogen-bond acceptors (Lipinski definition) is 4. The third-order valence-corrected chi connectivity index (χ3v) is 3.66. The standard InChI is InChI=1S/C15H23NO4/c1-15(2)11-12(6-10-20-15)16(7-4-8-17)14(18)13-5-3-9-19-13/h3,5,9,12,17H,4,6-8,10-11H2,1-2H3/t12-/m0/s1. The zero-order chi connectivity index (χ0) is 14.6. The Morgan fingerprint density at radius 3 is 2.95 bits per heavy atom. The van der Waals surface area contributed by atoms with E-state index in [2.05, 4.69) is 0 Å². The Kier molecular flexibility index (Phi) is 4.83. The first-order valence-corrected chi connectivity index (χ1v) is 7.13. The van der Waals surface area contributed by atoms with Crippen LogP contribution in [0.3, 0.4) is 0 Å². The molecule has 1 aliphatic rings. The minimum absolute atomic E-state index is 0.0779. The lowest BCUT2D eigenvalue weighted by Crippen LogP contribution is -2.49. The van der Waals surface area contributed by atoms with Crippen molar-refractivity contribution < 1.29 is 19.1 Å². The first-order chi connectivity index (χ1) is 9.53. The molecule has 0 radical (unpaired) electrons. The van der Waals surface area contributed by atoms with Crippen LogP contribution >= 0.6 is 0 Å². The number of furan rings is 1. The first-order valence-electron chi connectivity index (χ1n) is 7.13. The molecule has 5 nitrogen and oxygen atoms in total. The molecule has 0 saturated carbocycles. The molecular formula is C15H23NO4. The summed E-state index contributed by atoms with van der Waals surface area (Å²) in [5.74, 6) is 0.249. The minimum Gasteiger partial charge on any atom is -0.459 e. The fraction of sp³-hybridized carbons (Fsp3) is 0.667. The van der Waals surface area contributed by atoms with Crippen LogP contribution in [-0.2, 0) is 4.74 Å². The Bertz CT molecular complexity index is 427. The van der Waals surface area contributed by atoms with Gasteiger partial charge in [0.15, 0.2) is 5.76 Å². The monoisotopic (exact) mass is 281 g/mol. The van der Waals surface area contributed by atoms with Crippen molar-refractivity contribution in [2.45, 2.75) is 44.8 Å². The van der Waals surface area contributed by atoms with Gasteiger partial charge in [-0.15, -0.1) is 0 Å². The van der Waals surface area contributed by atoms with E-state index < -0.39 is 0 Å². The first kappa shape index (κ1) is 15.1. The lowest BCUT2D eigenvalue weighted by Gasteiger charge is -2.41. The van der Waals surface area contributed by atoms with Gasteiger partial charge in [-0.2, -0.15) is 0 Å². The Balaban J connectivity index is 2.12. The van der Waals surface area contributed by atoms with E-state index in [4.69, 9.17) is 14.3 Å². The molecule has 0 spiro atoms. The topological polar surface area (TPSA) is 62.9 Å². The molecule has 1 N–H and O–H groups in total. The van der Waals surface area contributed by atoms with Crippen molar-refractivity contribution >= 4 is 5.91 Å². The van der Waals surface area contributed by atoms with Crippen molar-refractivity contribution in [1.82, 2.24) is 4.90 Å². The largest absolute Gasteiger partial charge is 0.459 e. The maximum atomic E-state index is 12.5. The van der Waals surface area contributed by atoms with Crippen molar-refractivity contribution in [3.05, 3.63) is 24.2 Å². The molecule has 1 amide bonds. The average Bonchev–Trinajstić information content (AvgIpc) is 2.91. The number of hydrogen-bond donors (Lipinski definition) is 1. The number of rotatable bonds is 5. The second-order valence-electron chi connectivity index (χ2n) is 5.81. The summed E-state index contributed by atoms with van der Waals surface area (Å²) in [6, 6.07) is 3.52. The smallest absolute Gasteiger partial charge is 0.289 e. The van der Waals surface area contributed by atoms with Crippen molar-refractivity contribution in [2.24, 2.45) is 0 Å². The number of carbonyl (C=O) groups excluding carboxylic acids is 1. The summed E-state index contributed by atoms with van der Waals surface area (Å²) in [5, 5.41) is 9.04. The molecule has 1 fully saturated rings. The highest BCUT2D eigenvalue weighted by Crippen LogP contribution is 2.28. The Labute approximate surface area is 119 Å². The molecule has 0 unspecified atom stereocenters. The van der Waals surface area contributed by atoms with Crippen LogP contribution in [-0.4, -0.2) is 47.3 Å². The van der Waals surface area contributed by atoms with E-state index in [1.807, 2.05) is 18.7 Å². The van der Waals surface area contributed by atoms with Gasteiger partial charge in [0.05, 0.1) is 11.9 Å². The zero-order valence-corrected chi connectivity index (χ0v) is 12.2. The fourth-order valence-electron chi connectivity index (χ4n) is 2.70. The Morgan fingerprint density at radius 2 is 2.35 bits per heavy atom. The molecule has 0 bridgehead atoms. The van der Waals surface area contributed by atoms with Crippen LogP contribution in [0.1, 0.15) is 43.7 Å². The van der Waals surface area contributed by atoms with Crippen molar-refractivity contribution in [3.63, 3.8) is 0 Å². The number of nitrogens with zero attached hydrogens (tertiary/aromatic N) is 1. The van der Waals surface area contributed by atoms with Gasteiger partial charge < -0.3 is 19.2 Å². The third kappa shape index (κ3) is 3.61. The van der Waals surface area contributed by atoms with Crippen LogP contribution in [0, 0.1) is 0 Å². The van der Waals surface area contributed by atoms with Crippen LogP contribution in [0.4, 0.5) is 0 Å². The summed E-state index contributed by atoms with van der Waals surface area (Å²) < 4.78 is 10.9. The number of ether oxygens (including phenoxy) is 1. The van der Waals surface area contributed by atoms with Crippen molar-refractivity contribution in [1.29, 1.82) is 0 Å². The zero-order valence-electron chi connectivity index (χ0n) is 12.2. The van der Waals surface area contributed by atoms with E-state index in [0.717, 1.165) is 12.8 Å². The quantitative estimate of drug-likeness (QED) is 0.897. The molecule has 2 heterocycles. The number of amides is 1. The fourth-order valence-corrected chi connectivity index (χ4v) is 2.70. The highest BCUT2D eigenvalue weighted by atomic mass is 16.5. The van der Waals surface area contributed by atoms with E-state index in [-0.39, 0.29) is 24.2 Å². The molecule has 0 aliphatic carbocycles. The van der Waals surface area contributed by atoms with Crippen LogP contribution in [0.25, 0.3) is 0 Å². The van der Waals surface area contributed by atoms with Crippen molar-refractivity contribution in [2.75, 3.05) is 19.8 Å². The van der Waals surface area contributed by atoms with Crippen LogP contribution < -0.4 is 0 Å². The predicted molar refractivity (Wildman–Crippen MR) is 74.5 cm³/mol. The van der Waals surface area contributed by atoms with E-state index in [0.29, 0.717) is 25.3 Å². The number of aliphatic hydroxyl groups is 1. The molecule has 5 heteroatoms. The molecule has 0 aromatic carbocycles. The highest BCUT2D eigenvalue weighted by Gasteiger charge is 2.35. The van der Waals surface area contributed by atoms with Gasteiger partial charge in [0, 0.05) is 25.8 Å². The summed E-state index contributed by atoms with van der Waals surface area (Å²) in [5.41, 5.74) is -0.218. The van der Waals surface area contributed by atoms with E-state index in [1.54, 1.807) is 12.1 Å².